The second-order valence-corrected chi connectivity index (χ2v) is 6.49. The Morgan fingerprint density at radius 3 is 2.30 bits per heavy atom. The largest absolute Gasteiger partial charge is 0.441 e. The number of aryl methyl sites for hydroxylation is 2. The summed E-state index contributed by atoms with van der Waals surface area (Å²) in [7, 11) is -3.53. The van der Waals surface area contributed by atoms with Crippen molar-refractivity contribution in [2.24, 2.45) is 0 Å². The van der Waals surface area contributed by atoms with E-state index in [0.717, 1.165) is 22.6 Å². The molecular formula is C17H19NO4S. The number of hydrogen-bond donors (Lipinski definition) is 0. The molecule has 1 aromatic heterocycles. The van der Waals surface area contributed by atoms with Crippen molar-refractivity contribution in [1.29, 1.82) is 0 Å². The summed E-state index contributed by atoms with van der Waals surface area (Å²) in [6, 6.07) is 14.3. The third kappa shape index (κ3) is 4.64. The van der Waals surface area contributed by atoms with E-state index in [1.165, 1.54) is 0 Å². The van der Waals surface area contributed by atoms with Gasteiger partial charge in [0, 0.05) is 6.92 Å². The molecule has 122 valence electrons. The maximum atomic E-state index is 11.3. The zero-order valence-electron chi connectivity index (χ0n) is 13.3. The zero-order valence-corrected chi connectivity index (χ0v) is 14.1. The molecule has 0 N–H and O–H groups in total. The van der Waals surface area contributed by atoms with Crippen molar-refractivity contribution >= 4 is 21.2 Å². The van der Waals surface area contributed by atoms with Crippen LogP contribution in [-0.4, -0.2) is 20.0 Å². The average molecular weight is 333 g/mol. The molecule has 0 bridgehead atoms. The highest BCUT2D eigenvalue weighted by Crippen LogP contribution is 2.13. The highest BCUT2D eigenvalue weighted by Gasteiger charge is 2.12. The van der Waals surface area contributed by atoms with Crippen LogP contribution in [0.4, 0.5) is 0 Å². The molecule has 3 rings (SSSR count). The molecule has 2 aromatic carbocycles. The molecule has 1 heterocycles. The number of fused-ring (bicyclic) bond motifs is 1. The number of benzene rings is 2. The van der Waals surface area contributed by atoms with Crippen molar-refractivity contribution in [1.82, 2.24) is 4.98 Å². The lowest BCUT2D eigenvalue weighted by Crippen LogP contribution is -2.05. The molecule has 0 aliphatic carbocycles. The van der Waals surface area contributed by atoms with Gasteiger partial charge < -0.3 is 4.42 Å². The molecule has 0 aliphatic rings. The molecule has 23 heavy (non-hydrogen) atoms. The highest BCUT2D eigenvalue weighted by molar-refractivity contribution is 7.86. The van der Waals surface area contributed by atoms with E-state index in [4.69, 9.17) is 4.42 Å². The molecule has 5 nitrogen and oxygen atoms in total. The second-order valence-electron chi connectivity index (χ2n) is 4.87. The SMILES string of the molecule is CCOS(=O)(=O)c1ccc(C)cc1.Cc1nc2ccccc2o1. The van der Waals surface area contributed by atoms with Crippen LogP contribution in [0.3, 0.4) is 0 Å². The molecule has 0 aliphatic heterocycles. The molecule has 0 amide bonds. The summed E-state index contributed by atoms with van der Waals surface area (Å²) < 4.78 is 32.5. The standard InChI is InChI=1S/C9H12O3S.C8H7NO/c1-3-12-13(10,11)9-6-4-8(2)5-7-9;1-6-9-7-4-2-3-5-8(7)10-6/h4-7H,3H2,1-2H3;2-5H,1H3. The van der Waals surface area contributed by atoms with Crippen molar-refractivity contribution < 1.29 is 17.0 Å². The van der Waals surface area contributed by atoms with Gasteiger partial charge in [0.25, 0.3) is 10.1 Å². The van der Waals surface area contributed by atoms with Gasteiger partial charge >= 0.3 is 0 Å². The van der Waals surface area contributed by atoms with Crippen LogP contribution in [0, 0.1) is 13.8 Å². The maximum absolute atomic E-state index is 11.3. The quantitative estimate of drug-likeness (QED) is 0.681. The first-order valence-corrected chi connectivity index (χ1v) is 8.61. The average Bonchev–Trinajstić information content (AvgIpc) is 2.88. The molecule has 0 atom stereocenters. The molecule has 0 saturated carbocycles. The maximum Gasteiger partial charge on any atom is 0.296 e. The van der Waals surface area contributed by atoms with Crippen LogP contribution in [0.1, 0.15) is 18.4 Å². The lowest BCUT2D eigenvalue weighted by Gasteiger charge is -2.02. The van der Waals surface area contributed by atoms with Gasteiger partial charge in [-0.25, -0.2) is 4.98 Å². The van der Waals surface area contributed by atoms with E-state index in [-0.39, 0.29) is 11.5 Å². The van der Waals surface area contributed by atoms with E-state index >= 15 is 0 Å². The summed E-state index contributed by atoms with van der Waals surface area (Å²) >= 11 is 0. The first-order valence-electron chi connectivity index (χ1n) is 7.20. The Hall–Kier alpha value is -2.18. The minimum atomic E-state index is -3.53. The van der Waals surface area contributed by atoms with Crippen molar-refractivity contribution in [2.45, 2.75) is 25.7 Å². The minimum absolute atomic E-state index is 0.163. The first-order chi connectivity index (χ1) is 10.9. The Morgan fingerprint density at radius 2 is 1.70 bits per heavy atom. The van der Waals surface area contributed by atoms with E-state index < -0.39 is 10.1 Å². The molecule has 0 fully saturated rings. The number of aromatic nitrogens is 1. The topological polar surface area (TPSA) is 69.4 Å². The van der Waals surface area contributed by atoms with Crippen LogP contribution >= 0.6 is 0 Å². The highest BCUT2D eigenvalue weighted by atomic mass is 32.2. The first kappa shape index (κ1) is 17.2. The summed E-state index contributed by atoms with van der Waals surface area (Å²) in [5, 5.41) is 0. The normalized spacial score (nSPS) is 11.1. The van der Waals surface area contributed by atoms with Crippen LogP contribution in [0.15, 0.2) is 57.8 Å². The Morgan fingerprint density at radius 1 is 1.04 bits per heavy atom. The summed E-state index contributed by atoms with van der Waals surface area (Å²) in [5.74, 6) is 0.723. The number of para-hydroxylation sites is 2. The summed E-state index contributed by atoms with van der Waals surface area (Å²) in [5.41, 5.74) is 2.82. The predicted octanol–water partition coefficient (Wildman–Crippen LogP) is 3.86. The third-order valence-electron chi connectivity index (χ3n) is 2.98. The summed E-state index contributed by atoms with van der Waals surface area (Å²) in [6.07, 6.45) is 0. The molecule has 0 saturated heterocycles. The molecule has 0 spiro atoms. The molecule has 6 heteroatoms. The number of oxazole rings is 1. The van der Waals surface area contributed by atoms with Gasteiger partial charge in [0.15, 0.2) is 11.5 Å². The third-order valence-corrected chi connectivity index (χ3v) is 4.38. The van der Waals surface area contributed by atoms with Gasteiger partial charge in [-0.1, -0.05) is 29.8 Å². The van der Waals surface area contributed by atoms with Crippen molar-refractivity contribution in [3.8, 4) is 0 Å². The number of rotatable bonds is 3. The van der Waals surface area contributed by atoms with E-state index in [2.05, 4.69) is 9.17 Å². The van der Waals surface area contributed by atoms with Gasteiger partial charge in [-0.15, -0.1) is 0 Å². The Labute approximate surface area is 136 Å². The summed E-state index contributed by atoms with van der Waals surface area (Å²) in [4.78, 5) is 4.35. The van der Waals surface area contributed by atoms with Gasteiger partial charge in [-0.05, 0) is 38.1 Å². The lowest BCUT2D eigenvalue weighted by molar-refractivity contribution is 0.338. The predicted molar refractivity (Wildman–Crippen MR) is 88.7 cm³/mol. The minimum Gasteiger partial charge on any atom is -0.441 e. The van der Waals surface area contributed by atoms with E-state index in [1.807, 2.05) is 38.1 Å². The Balaban J connectivity index is 0.000000172. The van der Waals surface area contributed by atoms with Crippen LogP contribution in [0.25, 0.3) is 11.1 Å². The van der Waals surface area contributed by atoms with Crippen LogP contribution < -0.4 is 0 Å². The molecule has 0 radical (unpaired) electrons. The monoisotopic (exact) mass is 333 g/mol. The van der Waals surface area contributed by atoms with E-state index in [9.17, 15) is 8.42 Å². The van der Waals surface area contributed by atoms with Crippen LogP contribution in [0.5, 0.6) is 0 Å². The van der Waals surface area contributed by atoms with Gasteiger partial charge in [-0.3, -0.25) is 4.18 Å². The Bertz CT molecular complexity index is 834. The van der Waals surface area contributed by atoms with Crippen molar-refractivity contribution in [3.63, 3.8) is 0 Å². The Kier molecular flexibility index (Phi) is 5.52. The van der Waals surface area contributed by atoms with E-state index in [1.54, 1.807) is 31.2 Å². The number of hydrogen-bond acceptors (Lipinski definition) is 5. The van der Waals surface area contributed by atoms with Crippen LogP contribution in [-0.2, 0) is 14.3 Å². The van der Waals surface area contributed by atoms with E-state index in [0.29, 0.717) is 0 Å². The molecular weight excluding hydrogens is 314 g/mol. The lowest BCUT2D eigenvalue weighted by atomic mass is 10.2. The second kappa shape index (κ2) is 7.39. The summed E-state index contributed by atoms with van der Waals surface area (Å²) in [6.45, 7) is 5.55. The van der Waals surface area contributed by atoms with Gasteiger partial charge in [0.2, 0.25) is 0 Å². The smallest absolute Gasteiger partial charge is 0.296 e. The van der Waals surface area contributed by atoms with Crippen molar-refractivity contribution in [2.75, 3.05) is 6.61 Å². The fourth-order valence-electron chi connectivity index (χ4n) is 1.92. The molecule has 0 unspecified atom stereocenters. The van der Waals surface area contributed by atoms with Crippen molar-refractivity contribution in [3.05, 3.63) is 60.0 Å². The fourth-order valence-corrected chi connectivity index (χ4v) is 2.83. The fraction of sp³-hybridized carbons (Fsp3) is 0.235. The van der Waals surface area contributed by atoms with Gasteiger partial charge in [-0.2, -0.15) is 8.42 Å². The zero-order chi connectivity index (χ0) is 16.9. The number of nitrogens with zero attached hydrogens (tertiary/aromatic N) is 1. The molecule has 3 aromatic rings. The van der Waals surface area contributed by atoms with Gasteiger partial charge in [0.05, 0.1) is 11.5 Å². The van der Waals surface area contributed by atoms with Crippen LogP contribution in [0.2, 0.25) is 0 Å². The van der Waals surface area contributed by atoms with Gasteiger partial charge in [0.1, 0.15) is 5.52 Å².